The van der Waals surface area contributed by atoms with Gasteiger partial charge in [0.2, 0.25) is 11.9 Å². The van der Waals surface area contributed by atoms with Gasteiger partial charge in [-0.3, -0.25) is 4.90 Å². The van der Waals surface area contributed by atoms with E-state index in [-0.39, 0.29) is 5.66 Å². The highest BCUT2D eigenvalue weighted by atomic mass is 127. The minimum Gasteiger partial charge on any atom is -0.369 e. The Kier molecular flexibility index (Phi) is 3.81. The van der Waals surface area contributed by atoms with Crippen LogP contribution in [0.5, 0.6) is 0 Å². The average molecular weight is 397 g/mol. The minimum atomic E-state index is -0.355. The van der Waals surface area contributed by atoms with Crippen LogP contribution in [0.4, 0.5) is 5.69 Å². The fourth-order valence-electron chi connectivity index (χ4n) is 3.22. The lowest BCUT2D eigenvalue weighted by molar-refractivity contribution is 0.305. The van der Waals surface area contributed by atoms with E-state index in [1.165, 1.54) is 15.6 Å². The van der Waals surface area contributed by atoms with Gasteiger partial charge in [-0.15, -0.1) is 0 Å². The largest absolute Gasteiger partial charge is 0.369 e. The number of anilines is 1. The van der Waals surface area contributed by atoms with Gasteiger partial charge in [-0.25, -0.2) is 4.99 Å². The van der Waals surface area contributed by atoms with Crippen molar-refractivity contribution in [1.29, 1.82) is 0 Å². The molecule has 1 fully saturated rings. The maximum absolute atomic E-state index is 6.21. The SMILES string of the molecule is Cc1ccc(N2C(N)=NC(N)=NC23CCCCC3)cc1I. The van der Waals surface area contributed by atoms with Crippen LogP contribution in [-0.4, -0.2) is 17.6 Å². The summed E-state index contributed by atoms with van der Waals surface area (Å²) in [7, 11) is 0. The van der Waals surface area contributed by atoms with E-state index < -0.39 is 0 Å². The average Bonchev–Trinajstić information content (AvgIpc) is 2.42. The lowest BCUT2D eigenvalue weighted by Crippen LogP contribution is -2.58. The van der Waals surface area contributed by atoms with E-state index in [9.17, 15) is 0 Å². The van der Waals surface area contributed by atoms with Crippen LogP contribution in [0.2, 0.25) is 0 Å². The highest BCUT2D eigenvalue weighted by Crippen LogP contribution is 2.39. The molecule has 6 heteroatoms. The molecule has 0 aromatic heterocycles. The van der Waals surface area contributed by atoms with Gasteiger partial charge in [0.1, 0.15) is 5.66 Å². The molecule has 5 nitrogen and oxygen atoms in total. The number of hydrogen-bond acceptors (Lipinski definition) is 5. The molecule has 1 aliphatic heterocycles. The van der Waals surface area contributed by atoms with Crippen molar-refractivity contribution in [2.24, 2.45) is 21.5 Å². The molecule has 1 aromatic carbocycles. The standard InChI is InChI=1S/C15H20IN5/c1-10-5-6-11(9-12(10)16)21-14(18)19-13(17)20-15(21)7-3-2-4-8-15/h5-6,9H,2-4,7-8H2,1H3,(H4,17,18,19,20). The fraction of sp³-hybridized carbons (Fsp3) is 0.467. The van der Waals surface area contributed by atoms with E-state index in [0.29, 0.717) is 11.9 Å². The predicted molar refractivity (Wildman–Crippen MR) is 95.4 cm³/mol. The normalized spacial score (nSPS) is 21.1. The molecule has 0 radical (unpaired) electrons. The van der Waals surface area contributed by atoms with E-state index in [1.54, 1.807) is 0 Å². The zero-order chi connectivity index (χ0) is 15.0. The molecule has 0 amide bonds. The molecule has 1 spiro atoms. The second-order valence-electron chi connectivity index (χ2n) is 5.75. The molecule has 0 atom stereocenters. The first-order valence-corrected chi connectivity index (χ1v) is 8.36. The summed E-state index contributed by atoms with van der Waals surface area (Å²) in [6.07, 6.45) is 5.46. The van der Waals surface area contributed by atoms with Crippen molar-refractivity contribution in [3.63, 3.8) is 0 Å². The van der Waals surface area contributed by atoms with Crippen LogP contribution in [0.25, 0.3) is 0 Å². The van der Waals surface area contributed by atoms with Crippen molar-refractivity contribution in [2.45, 2.75) is 44.7 Å². The molecule has 2 aliphatic rings. The van der Waals surface area contributed by atoms with Gasteiger partial charge in [-0.2, -0.15) is 4.99 Å². The van der Waals surface area contributed by atoms with Crippen LogP contribution in [0, 0.1) is 10.5 Å². The molecule has 1 aromatic rings. The summed E-state index contributed by atoms with van der Waals surface area (Å²) in [6.45, 7) is 2.10. The third-order valence-corrected chi connectivity index (χ3v) is 5.43. The summed E-state index contributed by atoms with van der Waals surface area (Å²) in [5.41, 5.74) is 14.0. The Labute approximate surface area is 138 Å². The molecule has 112 valence electrons. The van der Waals surface area contributed by atoms with Gasteiger partial charge in [0.25, 0.3) is 0 Å². The van der Waals surface area contributed by atoms with E-state index in [4.69, 9.17) is 11.5 Å². The van der Waals surface area contributed by atoms with Crippen molar-refractivity contribution in [2.75, 3.05) is 4.90 Å². The summed E-state index contributed by atoms with van der Waals surface area (Å²) < 4.78 is 1.21. The molecule has 0 saturated heterocycles. The third-order valence-electron chi connectivity index (χ3n) is 4.27. The van der Waals surface area contributed by atoms with Crippen molar-refractivity contribution in [3.8, 4) is 0 Å². The summed E-state index contributed by atoms with van der Waals surface area (Å²) in [6, 6.07) is 6.35. The van der Waals surface area contributed by atoms with Gasteiger partial charge in [-0.05, 0) is 72.9 Å². The van der Waals surface area contributed by atoms with E-state index in [1.807, 2.05) is 0 Å². The van der Waals surface area contributed by atoms with Gasteiger partial charge in [-0.1, -0.05) is 12.5 Å². The lowest BCUT2D eigenvalue weighted by Gasteiger charge is -2.45. The summed E-state index contributed by atoms with van der Waals surface area (Å²) >= 11 is 2.35. The summed E-state index contributed by atoms with van der Waals surface area (Å²) in [5.74, 6) is 0.747. The minimum absolute atomic E-state index is 0.299. The Hall–Kier alpha value is -1.31. The first kappa shape index (κ1) is 14.6. The Balaban J connectivity index is 2.08. The molecular formula is C15H20IN5. The quantitative estimate of drug-likeness (QED) is 0.716. The van der Waals surface area contributed by atoms with Crippen LogP contribution in [0.15, 0.2) is 28.2 Å². The molecule has 1 heterocycles. The smallest absolute Gasteiger partial charge is 0.220 e. The maximum Gasteiger partial charge on any atom is 0.220 e. The van der Waals surface area contributed by atoms with Crippen molar-refractivity contribution >= 4 is 40.2 Å². The van der Waals surface area contributed by atoms with Gasteiger partial charge in [0.05, 0.1) is 0 Å². The zero-order valence-corrected chi connectivity index (χ0v) is 14.3. The Morgan fingerprint density at radius 1 is 1.19 bits per heavy atom. The number of aryl methyl sites for hydroxylation is 1. The van der Waals surface area contributed by atoms with E-state index in [2.05, 4.69) is 62.6 Å². The van der Waals surface area contributed by atoms with Crippen molar-refractivity contribution in [1.82, 2.24) is 0 Å². The van der Waals surface area contributed by atoms with Crippen LogP contribution in [0.1, 0.15) is 37.7 Å². The number of halogens is 1. The van der Waals surface area contributed by atoms with Crippen molar-refractivity contribution in [3.05, 3.63) is 27.3 Å². The maximum atomic E-state index is 6.21. The monoisotopic (exact) mass is 397 g/mol. The van der Waals surface area contributed by atoms with Crippen LogP contribution >= 0.6 is 22.6 Å². The van der Waals surface area contributed by atoms with E-state index >= 15 is 0 Å². The molecule has 0 unspecified atom stereocenters. The topological polar surface area (TPSA) is 80.0 Å². The number of rotatable bonds is 1. The Bertz CT molecular complexity index is 616. The second-order valence-corrected chi connectivity index (χ2v) is 6.91. The first-order valence-electron chi connectivity index (χ1n) is 7.28. The fourth-order valence-corrected chi connectivity index (χ4v) is 3.71. The molecular weight excluding hydrogens is 377 g/mol. The van der Waals surface area contributed by atoms with Gasteiger partial charge in [0, 0.05) is 9.26 Å². The number of nitrogens with two attached hydrogens (primary N) is 2. The zero-order valence-electron chi connectivity index (χ0n) is 12.1. The third kappa shape index (κ3) is 2.61. The van der Waals surface area contributed by atoms with E-state index in [0.717, 1.165) is 31.4 Å². The lowest BCUT2D eigenvalue weighted by atomic mass is 9.87. The van der Waals surface area contributed by atoms with Crippen molar-refractivity contribution < 1.29 is 0 Å². The number of nitrogens with zero attached hydrogens (tertiary/aromatic N) is 3. The number of guanidine groups is 2. The second kappa shape index (κ2) is 5.47. The van der Waals surface area contributed by atoms with Crippen LogP contribution in [-0.2, 0) is 0 Å². The Morgan fingerprint density at radius 2 is 1.90 bits per heavy atom. The molecule has 3 rings (SSSR count). The number of aliphatic imine (C=N–C) groups is 2. The molecule has 4 N–H and O–H groups in total. The number of hydrogen-bond donors (Lipinski definition) is 2. The van der Waals surface area contributed by atoms with Gasteiger partial charge >= 0.3 is 0 Å². The highest BCUT2D eigenvalue weighted by Gasteiger charge is 2.42. The summed E-state index contributed by atoms with van der Waals surface area (Å²) in [5, 5.41) is 0. The summed E-state index contributed by atoms with van der Waals surface area (Å²) in [4.78, 5) is 10.9. The highest BCUT2D eigenvalue weighted by molar-refractivity contribution is 14.1. The molecule has 0 bridgehead atoms. The van der Waals surface area contributed by atoms with Crippen LogP contribution < -0.4 is 16.4 Å². The van der Waals surface area contributed by atoms with Crippen LogP contribution in [0.3, 0.4) is 0 Å². The van der Waals surface area contributed by atoms with Gasteiger partial charge in [0.15, 0.2) is 0 Å². The molecule has 1 saturated carbocycles. The first-order chi connectivity index (χ1) is 10.0. The molecule has 1 aliphatic carbocycles. The molecule has 21 heavy (non-hydrogen) atoms. The Morgan fingerprint density at radius 3 is 2.57 bits per heavy atom. The predicted octanol–water partition coefficient (Wildman–Crippen LogP) is 2.71. The van der Waals surface area contributed by atoms with Gasteiger partial charge < -0.3 is 11.5 Å². The number of benzene rings is 1.